The van der Waals surface area contributed by atoms with E-state index in [1.165, 1.54) is 29.2 Å². The maximum atomic E-state index is 14.9. The van der Waals surface area contributed by atoms with Crippen molar-refractivity contribution in [1.29, 1.82) is 0 Å². The van der Waals surface area contributed by atoms with Crippen LogP contribution in [0.4, 0.5) is 14.9 Å². The van der Waals surface area contributed by atoms with Crippen LogP contribution >= 0.6 is 11.3 Å². The highest BCUT2D eigenvalue weighted by Gasteiger charge is 2.32. The number of nitrogens with one attached hydrogen (secondary N) is 1. The summed E-state index contributed by atoms with van der Waals surface area (Å²) in [6, 6.07) is 11.9. The van der Waals surface area contributed by atoms with E-state index in [2.05, 4.69) is 10.3 Å². The SMILES string of the molecule is CC(=O)NC[C@H]1CN(c2ccc(-c3ccc(-c4nc(CO)cs4)cc3)c(F)c2)C(=O)O1. The number of hydrogen-bond donors (Lipinski definition) is 2. The molecular weight excluding hydrogens is 421 g/mol. The molecule has 2 aromatic carbocycles. The minimum absolute atomic E-state index is 0.106. The van der Waals surface area contributed by atoms with Gasteiger partial charge in [-0.2, -0.15) is 0 Å². The molecule has 0 bridgehead atoms. The zero-order chi connectivity index (χ0) is 22.0. The van der Waals surface area contributed by atoms with Gasteiger partial charge in [-0.25, -0.2) is 14.2 Å². The topological polar surface area (TPSA) is 91.8 Å². The Morgan fingerprint density at radius 2 is 2.03 bits per heavy atom. The largest absolute Gasteiger partial charge is 0.442 e. The number of carbonyl (C=O) groups excluding carboxylic acids is 2. The summed E-state index contributed by atoms with van der Waals surface area (Å²) in [4.78, 5) is 28.9. The Morgan fingerprint density at radius 1 is 1.29 bits per heavy atom. The molecule has 2 heterocycles. The number of aromatic nitrogens is 1. The normalized spacial score (nSPS) is 15.8. The molecular formula is C22H20FN3O4S. The lowest BCUT2D eigenvalue weighted by molar-refractivity contribution is -0.119. The van der Waals surface area contributed by atoms with Crippen LogP contribution in [0.5, 0.6) is 0 Å². The molecule has 1 aliphatic heterocycles. The smallest absolute Gasteiger partial charge is 0.414 e. The van der Waals surface area contributed by atoms with E-state index in [1.807, 2.05) is 12.1 Å². The first kappa shape index (κ1) is 21.0. The molecule has 1 fully saturated rings. The minimum Gasteiger partial charge on any atom is -0.442 e. The van der Waals surface area contributed by atoms with Crippen molar-refractivity contribution in [2.24, 2.45) is 0 Å². The van der Waals surface area contributed by atoms with Crippen molar-refractivity contribution >= 4 is 29.0 Å². The number of benzene rings is 2. The van der Waals surface area contributed by atoms with Crippen LogP contribution in [0.2, 0.25) is 0 Å². The number of amides is 2. The molecule has 4 rings (SSSR count). The molecule has 0 radical (unpaired) electrons. The van der Waals surface area contributed by atoms with E-state index >= 15 is 0 Å². The fourth-order valence-corrected chi connectivity index (χ4v) is 4.12. The molecule has 1 aliphatic rings. The van der Waals surface area contributed by atoms with Gasteiger partial charge in [0.1, 0.15) is 16.9 Å². The molecule has 160 valence electrons. The summed E-state index contributed by atoms with van der Waals surface area (Å²) in [5, 5.41) is 14.3. The third-order valence-electron chi connectivity index (χ3n) is 4.87. The van der Waals surface area contributed by atoms with Gasteiger partial charge in [0, 0.05) is 23.4 Å². The number of halogens is 1. The van der Waals surface area contributed by atoms with Crippen molar-refractivity contribution in [3.8, 4) is 21.7 Å². The van der Waals surface area contributed by atoms with Crippen molar-refractivity contribution in [3.63, 3.8) is 0 Å². The number of ether oxygens (including phenoxy) is 1. The van der Waals surface area contributed by atoms with Crippen molar-refractivity contribution in [2.45, 2.75) is 19.6 Å². The summed E-state index contributed by atoms with van der Waals surface area (Å²) in [6.07, 6.45) is -1.05. The second-order valence-corrected chi connectivity index (χ2v) is 7.96. The Labute approximate surface area is 182 Å². The molecule has 9 heteroatoms. The lowest BCUT2D eigenvalue weighted by Gasteiger charge is -2.14. The van der Waals surface area contributed by atoms with Gasteiger partial charge in [-0.15, -0.1) is 11.3 Å². The molecule has 3 aromatic rings. The van der Waals surface area contributed by atoms with Gasteiger partial charge in [0.15, 0.2) is 0 Å². The monoisotopic (exact) mass is 441 g/mol. The van der Waals surface area contributed by atoms with E-state index in [4.69, 9.17) is 9.84 Å². The first-order chi connectivity index (χ1) is 14.9. The van der Waals surface area contributed by atoms with E-state index in [0.717, 1.165) is 10.6 Å². The third kappa shape index (κ3) is 4.57. The second kappa shape index (κ2) is 8.83. The van der Waals surface area contributed by atoms with Gasteiger partial charge in [-0.1, -0.05) is 24.3 Å². The van der Waals surface area contributed by atoms with Crippen molar-refractivity contribution < 1.29 is 23.8 Å². The van der Waals surface area contributed by atoms with Gasteiger partial charge in [-0.3, -0.25) is 9.69 Å². The number of aliphatic hydroxyl groups excluding tert-OH is 1. The van der Waals surface area contributed by atoms with Crippen molar-refractivity contribution in [3.05, 3.63) is 59.4 Å². The number of nitrogens with zero attached hydrogens (tertiary/aromatic N) is 2. The summed E-state index contributed by atoms with van der Waals surface area (Å²) >= 11 is 1.44. The molecule has 0 unspecified atom stereocenters. The fraction of sp³-hybridized carbons (Fsp3) is 0.227. The minimum atomic E-state index is -0.572. The van der Waals surface area contributed by atoms with E-state index in [9.17, 15) is 14.0 Å². The number of carbonyl (C=O) groups is 2. The first-order valence-corrected chi connectivity index (χ1v) is 10.5. The van der Waals surface area contributed by atoms with Gasteiger partial charge in [0.05, 0.1) is 31.1 Å². The van der Waals surface area contributed by atoms with Crippen LogP contribution in [0.25, 0.3) is 21.7 Å². The number of cyclic esters (lactones) is 1. The highest BCUT2D eigenvalue weighted by Crippen LogP contribution is 2.31. The number of hydrogen-bond acceptors (Lipinski definition) is 6. The average molecular weight is 441 g/mol. The lowest BCUT2D eigenvalue weighted by Crippen LogP contribution is -2.33. The summed E-state index contributed by atoms with van der Waals surface area (Å²) < 4.78 is 20.1. The third-order valence-corrected chi connectivity index (χ3v) is 5.81. The van der Waals surface area contributed by atoms with Crippen LogP contribution in [-0.4, -0.2) is 41.3 Å². The Morgan fingerprint density at radius 3 is 2.68 bits per heavy atom. The molecule has 7 nitrogen and oxygen atoms in total. The molecule has 1 atom stereocenters. The second-order valence-electron chi connectivity index (χ2n) is 7.10. The Balaban J connectivity index is 1.50. The number of aliphatic hydroxyl groups is 1. The number of rotatable bonds is 6. The van der Waals surface area contributed by atoms with Crippen LogP contribution < -0.4 is 10.2 Å². The Kier molecular flexibility index (Phi) is 5.97. The summed E-state index contributed by atoms with van der Waals surface area (Å²) in [6.45, 7) is 1.72. The fourth-order valence-electron chi connectivity index (χ4n) is 3.31. The summed E-state index contributed by atoms with van der Waals surface area (Å²) in [7, 11) is 0. The van der Waals surface area contributed by atoms with Crippen LogP contribution in [0.15, 0.2) is 47.8 Å². The van der Waals surface area contributed by atoms with Gasteiger partial charge in [0.2, 0.25) is 5.91 Å². The molecule has 1 aromatic heterocycles. The summed E-state index contributed by atoms with van der Waals surface area (Å²) in [5.41, 5.74) is 3.00. The number of anilines is 1. The Hall–Kier alpha value is -3.30. The van der Waals surface area contributed by atoms with Gasteiger partial charge >= 0.3 is 6.09 Å². The van der Waals surface area contributed by atoms with Crippen molar-refractivity contribution in [1.82, 2.24) is 10.3 Å². The molecule has 31 heavy (non-hydrogen) atoms. The molecule has 2 amide bonds. The van der Waals surface area contributed by atoms with Crippen molar-refractivity contribution in [2.75, 3.05) is 18.0 Å². The van der Waals surface area contributed by atoms with E-state index < -0.39 is 18.0 Å². The maximum Gasteiger partial charge on any atom is 0.414 e. The quantitative estimate of drug-likeness (QED) is 0.610. The van der Waals surface area contributed by atoms with Gasteiger partial charge in [0.25, 0.3) is 0 Å². The van der Waals surface area contributed by atoms with E-state index in [-0.39, 0.29) is 25.6 Å². The molecule has 2 N–H and O–H groups in total. The maximum absolute atomic E-state index is 14.9. The molecule has 0 aliphatic carbocycles. The van der Waals surface area contributed by atoms with Crippen LogP contribution in [-0.2, 0) is 16.1 Å². The standard InChI is InChI=1S/C22H20FN3O4S/c1-13(28)24-9-18-10-26(22(29)30-18)17-6-7-19(20(23)8-17)14-2-4-15(5-3-14)21-25-16(11-27)12-31-21/h2-8,12,18,27H,9-11H2,1H3,(H,24,28)/t18-/m0/s1. The zero-order valence-electron chi connectivity index (χ0n) is 16.7. The van der Waals surface area contributed by atoms with E-state index in [0.29, 0.717) is 22.5 Å². The molecule has 0 spiro atoms. The predicted molar refractivity (Wildman–Crippen MR) is 115 cm³/mol. The van der Waals surface area contributed by atoms with E-state index in [1.54, 1.807) is 29.6 Å². The van der Waals surface area contributed by atoms with Crippen LogP contribution in [0.1, 0.15) is 12.6 Å². The highest BCUT2D eigenvalue weighted by atomic mass is 32.1. The average Bonchev–Trinajstić information content (AvgIpc) is 3.39. The van der Waals surface area contributed by atoms with Crippen LogP contribution in [0, 0.1) is 5.82 Å². The molecule has 0 saturated carbocycles. The molecule has 1 saturated heterocycles. The van der Waals surface area contributed by atoms with Gasteiger partial charge < -0.3 is 15.2 Å². The first-order valence-electron chi connectivity index (χ1n) is 9.63. The lowest BCUT2D eigenvalue weighted by atomic mass is 10.0. The van der Waals surface area contributed by atoms with Gasteiger partial charge in [-0.05, 0) is 23.8 Å². The van der Waals surface area contributed by atoms with Crippen LogP contribution in [0.3, 0.4) is 0 Å². The Bertz CT molecular complexity index is 1120. The number of thiazole rings is 1. The predicted octanol–water partition coefficient (Wildman–Crippen LogP) is 3.57. The summed E-state index contributed by atoms with van der Waals surface area (Å²) in [5.74, 6) is -0.667. The zero-order valence-corrected chi connectivity index (χ0v) is 17.5. The highest BCUT2D eigenvalue weighted by molar-refractivity contribution is 7.13.